The van der Waals surface area contributed by atoms with Gasteiger partial charge in [-0.1, -0.05) is 36.4 Å². The number of aliphatic carboxylic acids is 3. The molecule has 1 amide bonds. The smallest absolute Gasteiger partial charge is 0.426 e. The Morgan fingerprint density at radius 3 is 2.24 bits per heavy atom. The molecule has 1 saturated carbocycles. The largest absolute Gasteiger partial charge is 0.481 e. The maximum absolute atomic E-state index is 13.7. The molecule has 0 bridgehead atoms. The van der Waals surface area contributed by atoms with Crippen LogP contribution in [-0.2, 0) is 24.8 Å². The minimum Gasteiger partial charge on any atom is -0.481 e. The molecule has 1 aromatic heterocycles. The average Bonchev–Trinajstić information content (AvgIpc) is 3.47. The van der Waals surface area contributed by atoms with Gasteiger partial charge in [-0.3, -0.25) is 14.5 Å². The van der Waals surface area contributed by atoms with Gasteiger partial charge >= 0.3 is 24.0 Å². The SMILES string of the molecule is CN(C)C1(c2ccccc2)CCC(CNC(=O)ON2CC=C(c3c[nH]c4ccc(F)cc34)CC2)CC1.O=C(O)CC(O)(CC(=O)O)C(=O)O. The number of aliphatic hydroxyl groups is 1. The third-order valence-electron chi connectivity index (χ3n) is 9.29. The molecule has 2 aliphatic rings. The fraction of sp³-hybridized carbons (Fsp3) is 0.429. The summed E-state index contributed by atoms with van der Waals surface area (Å²) in [5, 5.41) is 39.4. The van der Waals surface area contributed by atoms with Crippen molar-refractivity contribution in [1.82, 2.24) is 20.3 Å². The summed E-state index contributed by atoms with van der Waals surface area (Å²) in [5.74, 6) is -4.81. The lowest BCUT2D eigenvalue weighted by molar-refractivity contribution is -0.170. The van der Waals surface area contributed by atoms with Gasteiger partial charge in [-0.05, 0) is 81.5 Å². The zero-order chi connectivity index (χ0) is 35.8. The van der Waals surface area contributed by atoms with Gasteiger partial charge < -0.3 is 35.6 Å². The molecular formula is C35H43FN4O9. The average molecular weight is 683 g/mol. The van der Waals surface area contributed by atoms with Crippen molar-refractivity contribution in [2.24, 2.45) is 5.92 Å². The van der Waals surface area contributed by atoms with Crippen LogP contribution in [0.2, 0.25) is 0 Å². The highest BCUT2D eigenvalue weighted by atomic mass is 19.1. The first-order valence-electron chi connectivity index (χ1n) is 16.0. The summed E-state index contributed by atoms with van der Waals surface area (Å²) in [5.41, 5.74) is 1.76. The molecule has 2 aromatic carbocycles. The van der Waals surface area contributed by atoms with Crippen molar-refractivity contribution < 1.29 is 48.8 Å². The van der Waals surface area contributed by atoms with Crippen LogP contribution in [0.4, 0.5) is 9.18 Å². The second kappa shape index (κ2) is 16.1. The number of aromatic amines is 1. The summed E-state index contributed by atoms with van der Waals surface area (Å²) in [7, 11) is 4.33. The molecule has 1 aliphatic heterocycles. The van der Waals surface area contributed by atoms with Crippen molar-refractivity contribution in [2.75, 3.05) is 33.7 Å². The number of H-pyrrole nitrogens is 1. The van der Waals surface area contributed by atoms with E-state index in [1.54, 1.807) is 17.2 Å². The number of carbonyl (C=O) groups is 4. The number of halogens is 1. The van der Waals surface area contributed by atoms with Crippen LogP contribution in [0.1, 0.15) is 56.1 Å². The van der Waals surface area contributed by atoms with E-state index in [4.69, 9.17) is 25.3 Å². The Labute approximate surface area is 282 Å². The Bertz CT molecular complexity index is 1650. The molecule has 14 heteroatoms. The first-order valence-corrected chi connectivity index (χ1v) is 16.0. The minimum atomic E-state index is -2.74. The number of nitrogens with one attached hydrogen (secondary N) is 2. The van der Waals surface area contributed by atoms with Gasteiger partial charge in [0.05, 0.1) is 19.4 Å². The standard InChI is InChI=1S/C29H35FN4O2.C6H8O7/c1-33(2)29(23-6-4-3-5-7-23)14-10-21(11-15-29)19-32-28(35)36-34-16-12-22(13-17-34)26-20-31-27-9-8-24(30)18-25(26)27;7-3(8)1-6(13,5(11)12)2-4(9)10/h3-9,12,18,20-21,31H,10-11,13-17,19H2,1-2H3,(H,32,35);13H,1-2H2,(H,7,8)(H,9,10)(H,11,12). The summed E-state index contributed by atoms with van der Waals surface area (Å²) >= 11 is 0. The summed E-state index contributed by atoms with van der Waals surface area (Å²) in [4.78, 5) is 54.1. The quantitative estimate of drug-likeness (QED) is 0.168. The molecule has 0 saturated heterocycles. The van der Waals surface area contributed by atoms with E-state index in [9.17, 15) is 23.6 Å². The molecule has 2 heterocycles. The van der Waals surface area contributed by atoms with Gasteiger partial charge in [-0.25, -0.2) is 14.0 Å². The van der Waals surface area contributed by atoms with Gasteiger partial charge in [-0.2, -0.15) is 0 Å². The van der Waals surface area contributed by atoms with E-state index in [0.717, 1.165) is 54.1 Å². The minimum absolute atomic E-state index is 0.0622. The highest BCUT2D eigenvalue weighted by Gasteiger charge is 2.41. The van der Waals surface area contributed by atoms with Crippen molar-refractivity contribution in [3.8, 4) is 0 Å². The van der Waals surface area contributed by atoms with E-state index in [2.05, 4.69) is 65.7 Å². The number of hydroxylamine groups is 2. The molecule has 264 valence electrons. The number of rotatable bonds is 11. The van der Waals surface area contributed by atoms with Gasteiger partial charge in [0.1, 0.15) is 5.82 Å². The number of nitrogens with zero attached hydrogens (tertiary/aromatic N) is 2. The molecule has 0 atom stereocenters. The second-order valence-electron chi connectivity index (χ2n) is 12.7. The molecule has 3 aromatic rings. The number of hydrogen-bond acceptors (Lipinski definition) is 8. The van der Waals surface area contributed by atoms with Crippen molar-refractivity contribution in [2.45, 2.75) is 56.1 Å². The first-order chi connectivity index (χ1) is 23.2. The molecule has 6 N–H and O–H groups in total. The van der Waals surface area contributed by atoms with Crippen molar-refractivity contribution in [3.63, 3.8) is 0 Å². The number of amides is 1. The zero-order valence-corrected chi connectivity index (χ0v) is 27.5. The molecule has 1 aliphatic carbocycles. The van der Waals surface area contributed by atoms with Crippen molar-refractivity contribution in [3.05, 3.63) is 77.7 Å². The molecule has 13 nitrogen and oxygen atoms in total. The number of aromatic nitrogens is 1. The van der Waals surface area contributed by atoms with E-state index < -0.39 is 42.4 Å². The summed E-state index contributed by atoms with van der Waals surface area (Å²) < 4.78 is 13.7. The topological polar surface area (TPSA) is 193 Å². The predicted molar refractivity (Wildman–Crippen MR) is 178 cm³/mol. The van der Waals surface area contributed by atoms with Crippen LogP contribution in [0.25, 0.3) is 16.5 Å². The fourth-order valence-electron chi connectivity index (χ4n) is 6.53. The van der Waals surface area contributed by atoms with Crippen molar-refractivity contribution >= 4 is 40.5 Å². The van der Waals surface area contributed by atoms with E-state index in [-0.39, 0.29) is 11.4 Å². The van der Waals surface area contributed by atoms with Gasteiger partial charge in [0.25, 0.3) is 0 Å². The number of fused-ring (bicyclic) bond motifs is 1. The van der Waals surface area contributed by atoms with Gasteiger partial charge in [-0.15, -0.1) is 5.06 Å². The number of hydrogen-bond donors (Lipinski definition) is 6. The lowest BCUT2D eigenvalue weighted by Gasteiger charge is -2.45. The molecule has 0 unspecified atom stereocenters. The maximum atomic E-state index is 13.7. The lowest BCUT2D eigenvalue weighted by atomic mass is 9.72. The zero-order valence-electron chi connectivity index (χ0n) is 27.5. The normalized spacial score (nSPS) is 19.8. The Morgan fingerprint density at radius 1 is 1.04 bits per heavy atom. The van der Waals surface area contributed by atoms with Gasteiger partial charge in [0.15, 0.2) is 5.60 Å². The maximum Gasteiger partial charge on any atom is 0.426 e. The lowest BCUT2D eigenvalue weighted by Crippen LogP contribution is -2.46. The third kappa shape index (κ3) is 9.43. The molecule has 49 heavy (non-hydrogen) atoms. The number of carbonyl (C=O) groups excluding carboxylic acids is 1. The van der Waals surface area contributed by atoms with E-state index >= 15 is 0 Å². The van der Waals surface area contributed by atoms with Gasteiger partial charge in [0, 0.05) is 41.3 Å². The highest BCUT2D eigenvalue weighted by Crippen LogP contribution is 2.42. The molecule has 1 fully saturated rings. The summed E-state index contributed by atoms with van der Waals surface area (Å²) in [6, 6.07) is 15.5. The number of benzene rings is 2. The van der Waals surface area contributed by atoms with Crippen LogP contribution in [0.3, 0.4) is 0 Å². The van der Waals surface area contributed by atoms with Crippen LogP contribution in [0.15, 0.2) is 60.8 Å². The van der Waals surface area contributed by atoms with Crippen LogP contribution in [0.5, 0.6) is 0 Å². The molecule has 5 rings (SSSR count). The Kier molecular flexibility index (Phi) is 12.1. The Balaban J connectivity index is 0.000000355. The second-order valence-corrected chi connectivity index (χ2v) is 12.7. The van der Waals surface area contributed by atoms with Gasteiger partial charge in [0.2, 0.25) is 0 Å². The van der Waals surface area contributed by atoms with Crippen molar-refractivity contribution in [1.29, 1.82) is 0 Å². The Morgan fingerprint density at radius 2 is 1.69 bits per heavy atom. The van der Waals surface area contributed by atoms with Crippen LogP contribution < -0.4 is 5.32 Å². The molecule has 0 spiro atoms. The monoisotopic (exact) mass is 682 g/mol. The molecular weight excluding hydrogens is 639 g/mol. The first kappa shape index (κ1) is 37.0. The van der Waals surface area contributed by atoms with Crippen LogP contribution in [-0.4, -0.2) is 98.7 Å². The van der Waals surface area contributed by atoms with E-state index in [1.807, 2.05) is 6.20 Å². The number of carboxylic acids is 3. The van der Waals surface area contributed by atoms with E-state index in [0.29, 0.717) is 25.6 Å². The third-order valence-corrected chi connectivity index (χ3v) is 9.29. The number of carboxylic acid groups (broad SMARTS) is 3. The fourth-order valence-corrected chi connectivity index (χ4v) is 6.53. The van der Waals surface area contributed by atoms with E-state index in [1.165, 1.54) is 11.6 Å². The Hall–Kier alpha value is -4.79. The van der Waals surface area contributed by atoms with Crippen LogP contribution >= 0.6 is 0 Å². The summed E-state index contributed by atoms with van der Waals surface area (Å²) in [6.45, 7) is 1.75. The highest BCUT2D eigenvalue weighted by molar-refractivity contribution is 5.93. The van der Waals surface area contributed by atoms with Crippen LogP contribution in [0, 0.1) is 11.7 Å². The summed E-state index contributed by atoms with van der Waals surface area (Å²) in [6.07, 6.45) is 6.29. The predicted octanol–water partition coefficient (Wildman–Crippen LogP) is 4.44. The molecule has 0 radical (unpaired) electrons.